The molecule has 13 nitrogen and oxygen atoms in total. The molecule has 1 aromatic carbocycles. The van der Waals surface area contributed by atoms with Crippen molar-refractivity contribution in [3.8, 4) is 0 Å². The molecule has 0 atom stereocenters. The van der Waals surface area contributed by atoms with Crippen LogP contribution in [0.2, 0.25) is 0 Å². The van der Waals surface area contributed by atoms with Crippen LogP contribution in [0.5, 0.6) is 0 Å². The topological polar surface area (TPSA) is 224 Å². The SMILES string of the molecule is O=C(O)CC(CC(=O)O)(OS(=O)(=O)[S-])C(=O)O.O=C([O-])c1ccccc1.[Na+].[Na+].c1c[nH]cn1. The summed E-state index contributed by atoms with van der Waals surface area (Å²) in [5, 5.41) is 35.7. The van der Waals surface area contributed by atoms with Gasteiger partial charge in [-0.3, -0.25) is 13.8 Å². The van der Waals surface area contributed by atoms with Gasteiger partial charge < -0.3 is 41.9 Å². The Labute approximate surface area is 237 Å². The standard InChI is InChI=1S/C7H6O2.C6H8O9S2.C3H4N2.2Na/c8-7(9)6-4-2-1-3-5-6;7-3(8)1-6(5(11)12,2-4(9)10)15-17(13,14)16;1-2-5-3-4-1;;/h1-5H,(H,8,9);1-2H2,(H,7,8)(H,9,10)(H,11,12)(H,13,14,16);1-3H,(H,4,5);;/q;;;2*+1/p-2. The molecule has 17 heteroatoms. The van der Waals surface area contributed by atoms with Gasteiger partial charge in [0.15, 0.2) is 0 Å². The van der Waals surface area contributed by atoms with Crippen molar-refractivity contribution in [2.24, 2.45) is 0 Å². The number of hydrogen-bond acceptors (Lipinski definition) is 10. The number of aromatic amines is 1. The van der Waals surface area contributed by atoms with Gasteiger partial charge in [0.25, 0.3) is 0 Å². The molecule has 0 saturated carbocycles. The molecule has 0 radical (unpaired) electrons. The fourth-order valence-corrected chi connectivity index (χ4v) is 2.75. The van der Waals surface area contributed by atoms with Crippen LogP contribution in [0.25, 0.3) is 0 Å². The van der Waals surface area contributed by atoms with Crippen molar-refractivity contribution in [1.29, 1.82) is 0 Å². The van der Waals surface area contributed by atoms with Crippen LogP contribution in [0.4, 0.5) is 0 Å². The number of imidazole rings is 1. The smallest absolute Gasteiger partial charge is 0.619 e. The van der Waals surface area contributed by atoms with E-state index in [2.05, 4.69) is 25.8 Å². The molecule has 0 aliphatic heterocycles. The molecular weight excluding hydrogens is 506 g/mol. The maximum atomic E-state index is 10.8. The summed E-state index contributed by atoms with van der Waals surface area (Å²) in [7, 11) is -4.74. The molecule has 0 amide bonds. The number of carboxylic acids is 4. The predicted molar refractivity (Wildman–Crippen MR) is 102 cm³/mol. The molecule has 2 aromatic rings. The van der Waals surface area contributed by atoms with Gasteiger partial charge in [-0.15, -0.1) is 0 Å². The van der Waals surface area contributed by atoms with Gasteiger partial charge in [0.2, 0.25) is 5.60 Å². The number of aliphatic carboxylic acids is 3. The quantitative estimate of drug-likeness (QED) is 0.144. The molecule has 0 saturated heterocycles. The number of hydrogen-bond donors (Lipinski definition) is 4. The Morgan fingerprint density at radius 2 is 1.52 bits per heavy atom. The van der Waals surface area contributed by atoms with E-state index < -0.39 is 51.5 Å². The van der Waals surface area contributed by atoms with Crippen molar-refractivity contribution >= 4 is 44.7 Å². The minimum Gasteiger partial charge on any atom is -0.619 e. The van der Waals surface area contributed by atoms with E-state index >= 15 is 0 Å². The van der Waals surface area contributed by atoms with Gasteiger partial charge in [0.05, 0.1) is 25.1 Å². The number of carbonyl (C=O) groups is 4. The van der Waals surface area contributed by atoms with Crippen molar-refractivity contribution in [3.05, 3.63) is 54.6 Å². The van der Waals surface area contributed by atoms with Crippen LogP contribution in [-0.4, -0.2) is 63.2 Å². The van der Waals surface area contributed by atoms with Crippen LogP contribution < -0.4 is 64.2 Å². The first-order valence-corrected chi connectivity index (χ1v) is 10.1. The first-order chi connectivity index (χ1) is 14.3. The molecular formula is C16H16N2Na2O11S2. The van der Waals surface area contributed by atoms with Gasteiger partial charge in [0, 0.05) is 12.4 Å². The summed E-state index contributed by atoms with van der Waals surface area (Å²) in [5.41, 5.74) is -2.73. The molecule has 170 valence electrons. The van der Waals surface area contributed by atoms with Crippen LogP contribution in [0.3, 0.4) is 0 Å². The average Bonchev–Trinajstić information content (AvgIpc) is 3.20. The zero-order chi connectivity index (χ0) is 24.1. The molecule has 0 bridgehead atoms. The zero-order valence-electron chi connectivity index (χ0n) is 17.4. The van der Waals surface area contributed by atoms with Crippen LogP contribution >= 0.6 is 0 Å². The van der Waals surface area contributed by atoms with Crippen LogP contribution in [-0.2, 0) is 39.4 Å². The third-order valence-corrected chi connectivity index (χ3v) is 3.67. The summed E-state index contributed by atoms with van der Waals surface area (Å²) in [6, 6.07) is 8.06. The van der Waals surface area contributed by atoms with Gasteiger partial charge >= 0.3 is 77.0 Å². The molecule has 0 spiro atoms. The van der Waals surface area contributed by atoms with E-state index in [1.807, 2.05) is 0 Å². The van der Waals surface area contributed by atoms with E-state index in [0.717, 1.165) is 0 Å². The number of H-pyrrole nitrogens is 1. The van der Waals surface area contributed by atoms with Crippen molar-refractivity contribution in [2.45, 2.75) is 18.4 Å². The molecule has 0 unspecified atom stereocenters. The Morgan fingerprint density at radius 1 is 1.03 bits per heavy atom. The van der Waals surface area contributed by atoms with Gasteiger partial charge in [0.1, 0.15) is 9.15 Å². The largest absolute Gasteiger partial charge is 1.00 e. The Hall–Kier alpha value is -1.43. The molecule has 0 aliphatic rings. The zero-order valence-corrected chi connectivity index (χ0v) is 23.0. The number of nitrogens with zero attached hydrogens (tertiary/aromatic N) is 1. The van der Waals surface area contributed by atoms with Crippen molar-refractivity contribution < 1.29 is 111 Å². The summed E-state index contributed by atoms with van der Waals surface area (Å²) >= 11 is 3.76. The maximum Gasteiger partial charge on any atom is 1.00 e. The van der Waals surface area contributed by atoms with Crippen molar-refractivity contribution in [3.63, 3.8) is 0 Å². The molecule has 1 heterocycles. The second-order valence-corrected chi connectivity index (χ2v) is 7.55. The summed E-state index contributed by atoms with van der Waals surface area (Å²) in [6.07, 6.45) is 2.37. The fraction of sp³-hybridized carbons (Fsp3) is 0.188. The first kappa shape index (κ1) is 36.1. The van der Waals surface area contributed by atoms with Gasteiger partial charge in [-0.05, 0) is 5.56 Å². The number of carboxylic acid groups (broad SMARTS) is 4. The summed E-state index contributed by atoms with van der Waals surface area (Å²) < 4.78 is 25.2. The minimum atomic E-state index is -4.74. The molecule has 0 aliphatic carbocycles. The monoisotopic (exact) mass is 522 g/mol. The number of benzene rings is 1. The van der Waals surface area contributed by atoms with Gasteiger partial charge in [-0.1, -0.05) is 30.3 Å². The van der Waals surface area contributed by atoms with Crippen molar-refractivity contribution in [1.82, 2.24) is 9.97 Å². The van der Waals surface area contributed by atoms with Crippen molar-refractivity contribution in [2.75, 3.05) is 0 Å². The minimum absolute atomic E-state index is 0. The number of carbonyl (C=O) groups excluding carboxylic acids is 1. The van der Waals surface area contributed by atoms with E-state index in [0.29, 0.717) is 0 Å². The summed E-state index contributed by atoms with van der Waals surface area (Å²) in [6.45, 7) is 0. The second-order valence-electron chi connectivity index (χ2n) is 5.35. The maximum absolute atomic E-state index is 10.8. The number of aromatic nitrogens is 2. The normalized spacial score (nSPS) is 9.85. The number of nitrogens with one attached hydrogen (secondary N) is 1. The molecule has 0 fully saturated rings. The molecule has 2 rings (SSSR count). The Morgan fingerprint density at radius 3 is 1.73 bits per heavy atom. The van der Waals surface area contributed by atoms with E-state index in [1.54, 1.807) is 36.9 Å². The Bertz CT molecular complexity index is 938. The summed E-state index contributed by atoms with van der Waals surface area (Å²) in [5.74, 6) is -6.66. The van der Waals surface area contributed by atoms with E-state index in [1.165, 1.54) is 12.1 Å². The Kier molecular flexibility index (Phi) is 19.7. The van der Waals surface area contributed by atoms with E-state index in [4.69, 9.17) is 15.3 Å². The molecule has 33 heavy (non-hydrogen) atoms. The first-order valence-electron chi connectivity index (χ1n) is 7.81. The third kappa shape index (κ3) is 17.7. The third-order valence-electron chi connectivity index (χ3n) is 2.94. The summed E-state index contributed by atoms with van der Waals surface area (Å²) in [4.78, 5) is 48.2. The number of rotatable bonds is 8. The average molecular weight is 522 g/mol. The predicted octanol–water partition coefficient (Wildman–Crippen LogP) is -6.96. The molecule has 4 N–H and O–H groups in total. The van der Waals surface area contributed by atoms with Gasteiger partial charge in [-0.2, -0.15) is 0 Å². The number of aromatic carboxylic acids is 1. The second kappa shape index (κ2) is 18.0. The van der Waals surface area contributed by atoms with E-state index in [9.17, 15) is 32.7 Å². The Balaban J connectivity index is -0.000000466. The van der Waals surface area contributed by atoms with Crippen LogP contribution in [0.1, 0.15) is 23.2 Å². The molecule has 1 aromatic heterocycles. The van der Waals surface area contributed by atoms with Crippen LogP contribution in [0.15, 0.2) is 49.1 Å². The van der Waals surface area contributed by atoms with E-state index in [-0.39, 0.29) is 64.7 Å². The fourth-order valence-electron chi connectivity index (χ4n) is 1.78. The van der Waals surface area contributed by atoms with Gasteiger partial charge in [-0.25, -0.2) is 18.2 Å². The van der Waals surface area contributed by atoms with Crippen LogP contribution in [0, 0.1) is 0 Å².